The van der Waals surface area contributed by atoms with E-state index >= 15 is 0 Å². The smallest absolute Gasteiger partial charge is 0.178 e. The molecule has 0 aliphatic heterocycles. The van der Waals surface area contributed by atoms with Gasteiger partial charge in [0, 0.05) is 5.56 Å². The van der Waals surface area contributed by atoms with Gasteiger partial charge in [0.05, 0.1) is 6.61 Å². The molecule has 0 heterocycles. The van der Waals surface area contributed by atoms with Crippen molar-refractivity contribution in [1.82, 2.24) is 0 Å². The molecule has 0 amide bonds. The molecular weight excluding hydrogens is 280 g/mol. The maximum absolute atomic E-state index is 11.8. The summed E-state index contributed by atoms with van der Waals surface area (Å²) >= 11 is 0. The van der Waals surface area contributed by atoms with Crippen LogP contribution in [-0.2, 0) is 11.4 Å². The highest BCUT2D eigenvalue weighted by molar-refractivity contribution is 6.04. The molecule has 22 heavy (non-hydrogen) atoms. The number of phenolic OH excluding ortho intramolecular Hbond substituents is 1. The monoisotopic (exact) mass is 296 g/mol. The zero-order valence-corrected chi connectivity index (χ0v) is 11.8. The first-order chi connectivity index (χ1) is 10.6. The SMILES string of the molecule is O=C(C=Cc1cccc(O)c1)C=Cc1ccc(O)c(CO)c1. The van der Waals surface area contributed by atoms with Crippen LogP contribution in [0.25, 0.3) is 12.2 Å². The summed E-state index contributed by atoms with van der Waals surface area (Å²) in [6.07, 6.45) is 6.02. The van der Waals surface area contributed by atoms with Gasteiger partial charge in [0.2, 0.25) is 0 Å². The number of hydrogen-bond acceptors (Lipinski definition) is 4. The number of hydrogen-bond donors (Lipinski definition) is 3. The molecule has 0 saturated heterocycles. The van der Waals surface area contributed by atoms with E-state index in [1.165, 1.54) is 18.2 Å². The molecule has 2 aromatic carbocycles. The molecule has 2 rings (SSSR count). The van der Waals surface area contributed by atoms with Gasteiger partial charge in [0.1, 0.15) is 11.5 Å². The van der Waals surface area contributed by atoms with Gasteiger partial charge in [-0.1, -0.05) is 30.4 Å². The Kier molecular flexibility index (Phi) is 5.11. The highest BCUT2D eigenvalue weighted by Gasteiger charge is 2.00. The van der Waals surface area contributed by atoms with Gasteiger partial charge in [0.15, 0.2) is 5.78 Å². The van der Waals surface area contributed by atoms with Crippen molar-refractivity contribution in [3.05, 3.63) is 71.3 Å². The predicted octanol–water partition coefficient (Wildman–Crippen LogP) is 2.89. The summed E-state index contributed by atoms with van der Waals surface area (Å²) in [7, 11) is 0. The third-order valence-electron chi connectivity index (χ3n) is 3.02. The fourth-order valence-corrected chi connectivity index (χ4v) is 1.88. The lowest BCUT2D eigenvalue weighted by Crippen LogP contribution is -1.87. The molecule has 0 spiro atoms. The molecule has 0 fully saturated rings. The molecule has 0 bridgehead atoms. The van der Waals surface area contributed by atoms with E-state index in [1.807, 2.05) is 0 Å². The highest BCUT2D eigenvalue weighted by atomic mass is 16.3. The Bertz CT molecular complexity index is 730. The van der Waals surface area contributed by atoms with Crippen molar-refractivity contribution >= 4 is 17.9 Å². The third kappa shape index (κ3) is 4.33. The zero-order chi connectivity index (χ0) is 15.9. The van der Waals surface area contributed by atoms with E-state index in [0.717, 1.165) is 5.56 Å². The van der Waals surface area contributed by atoms with Crippen LogP contribution in [0.5, 0.6) is 11.5 Å². The van der Waals surface area contributed by atoms with Crippen LogP contribution in [0.1, 0.15) is 16.7 Å². The molecule has 4 nitrogen and oxygen atoms in total. The number of aliphatic hydroxyl groups excluding tert-OH is 1. The average molecular weight is 296 g/mol. The van der Waals surface area contributed by atoms with Gasteiger partial charge in [-0.05, 0) is 47.5 Å². The summed E-state index contributed by atoms with van der Waals surface area (Å²) in [4.78, 5) is 11.8. The third-order valence-corrected chi connectivity index (χ3v) is 3.02. The van der Waals surface area contributed by atoms with Gasteiger partial charge in [0.25, 0.3) is 0 Å². The molecule has 0 aromatic heterocycles. The summed E-state index contributed by atoms with van der Waals surface area (Å²) in [5, 5.41) is 27.9. The maximum Gasteiger partial charge on any atom is 0.178 e. The molecule has 0 aliphatic rings. The number of allylic oxidation sites excluding steroid dienone is 2. The fraction of sp³-hybridized carbons (Fsp3) is 0.0556. The lowest BCUT2D eigenvalue weighted by molar-refractivity contribution is -0.110. The van der Waals surface area contributed by atoms with Crippen LogP contribution in [0.2, 0.25) is 0 Å². The number of carbonyl (C=O) groups is 1. The summed E-state index contributed by atoms with van der Waals surface area (Å²) in [6.45, 7) is -0.265. The van der Waals surface area contributed by atoms with Crippen molar-refractivity contribution in [3.63, 3.8) is 0 Å². The number of aromatic hydroxyl groups is 2. The van der Waals surface area contributed by atoms with Crippen LogP contribution >= 0.6 is 0 Å². The second kappa shape index (κ2) is 7.24. The number of benzene rings is 2. The van der Waals surface area contributed by atoms with Crippen LogP contribution in [0, 0.1) is 0 Å². The first kappa shape index (κ1) is 15.5. The van der Waals surface area contributed by atoms with Crippen LogP contribution < -0.4 is 0 Å². The predicted molar refractivity (Wildman–Crippen MR) is 85.2 cm³/mol. The first-order valence-electron chi connectivity index (χ1n) is 6.70. The van der Waals surface area contributed by atoms with E-state index in [0.29, 0.717) is 11.1 Å². The van der Waals surface area contributed by atoms with Gasteiger partial charge >= 0.3 is 0 Å². The van der Waals surface area contributed by atoms with E-state index in [2.05, 4.69) is 0 Å². The Hall–Kier alpha value is -2.85. The van der Waals surface area contributed by atoms with Crippen LogP contribution in [0.3, 0.4) is 0 Å². The standard InChI is InChI=1S/C18H16O4/c19-12-15-10-14(6-9-18(15)22)5-8-16(20)7-4-13-2-1-3-17(21)11-13/h1-11,19,21-22H,12H2. The van der Waals surface area contributed by atoms with E-state index in [-0.39, 0.29) is 23.9 Å². The molecule has 3 N–H and O–H groups in total. The molecule has 0 radical (unpaired) electrons. The number of ketones is 1. The second-order valence-electron chi connectivity index (χ2n) is 4.71. The lowest BCUT2D eigenvalue weighted by Gasteiger charge is -2.01. The van der Waals surface area contributed by atoms with E-state index in [4.69, 9.17) is 5.11 Å². The number of carbonyl (C=O) groups excluding carboxylic acids is 1. The minimum Gasteiger partial charge on any atom is -0.508 e. The van der Waals surface area contributed by atoms with Gasteiger partial charge in [-0.2, -0.15) is 0 Å². The normalized spacial score (nSPS) is 11.3. The highest BCUT2D eigenvalue weighted by Crippen LogP contribution is 2.19. The number of rotatable bonds is 5. The molecule has 0 atom stereocenters. The maximum atomic E-state index is 11.8. The van der Waals surface area contributed by atoms with Crippen molar-refractivity contribution in [1.29, 1.82) is 0 Å². The molecule has 0 saturated carbocycles. The molecule has 4 heteroatoms. The molecule has 112 valence electrons. The Morgan fingerprint density at radius 1 is 0.955 bits per heavy atom. The second-order valence-corrected chi connectivity index (χ2v) is 4.71. The number of aliphatic hydroxyl groups is 1. The van der Waals surface area contributed by atoms with Gasteiger partial charge in [-0.25, -0.2) is 0 Å². The van der Waals surface area contributed by atoms with Crippen molar-refractivity contribution in [3.8, 4) is 11.5 Å². The Morgan fingerprint density at radius 2 is 1.64 bits per heavy atom. The Morgan fingerprint density at radius 3 is 2.27 bits per heavy atom. The first-order valence-corrected chi connectivity index (χ1v) is 6.70. The summed E-state index contributed by atoms with van der Waals surface area (Å²) in [5.74, 6) is -0.0394. The topological polar surface area (TPSA) is 77.8 Å². The quantitative estimate of drug-likeness (QED) is 0.741. The van der Waals surface area contributed by atoms with E-state index in [1.54, 1.807) is 48.6 Å². The largest absolute Gasteiger partial charge is 0.508 e. The lowest BCUT2D eigenvalue weighted by atomic mass is 10.1. The van der Waals surface area contributed by atoms with Gasteiger partial charge < -0.3 is 15.3 Å². The number of phenols is 2. The molecule has 0 aliphatic carbocycles. The van der Waals surface area contributed by atoms with Gasteiger partial charge in [-0.3, -0.25) is 4.79 Å². The minimum atomic E-state index is -0.265. The van der Waals surface area contributed by atoms with E-state index in [9.17, 15) is 15.0 Å². The summed E-state index contributed by atoms with van der Waals surface area (Å²) < 4.78 is 0. The van der Waals surface area contributed by atoms with Crippen LogP contribution in [-0.4, -0.2) is 21.1 Å². The van der Waals surface area contributed by atoms with Crippen molar-refractivity contribution in [2.75, 3.05) is 0 Å². The van der Waals surface area contributed by atoms with Crippen molar-refractivity contribution < 1.29 is 20.1 Å². The van der Waals surface area contributed by atoms with Crippen molar-refractivity contribution in [2.45, 2.75) is 6.61 Å². The zero-order valence-electron chi connectivity index (χ0n) is 11.8. The summed E-state index contributed by atoms with van der Waals surface area (Å²) in [5.41, 5.74) is 1.85. The average Bonchev–Trinajstić information content (AvgIpc) is 2.52. The minimum absolute atomic E-state index is 0.0229. The van der Waals surface area contributed by atoms with Crippen LogP contribution in [0.15, 0.2) is 54.6 Å². The Labute approximate surface area is 128 Å². The fourth-order valence-electron chi connectivity index (χ4n) is 1.88. The Balaban J connectivity index is 2.05. The molecule has 0 unspecified atom stereocenters. The molecule has 2 aromatic rings. The van der Waals surface area contributed by atoms with Crippen molar-refractivity contribution in [2.24, 2.45) is 0 Å². The van der Waals surface area contributed by atoms with E-state index < -0.39 is 0 Å². The van der Waals surface area contributed by atoms with Crippen LogP contribution in [0.4, 0.5) is 0 Å². The molecular formula is C18H16O4. The summed E-state index contributed by atoms with van der Waals surface area (Å²) in [6, 6.07) is 11.3. The van der Waals surface area contributed by atoms with Gasteiger partial charge in [-0.15, -0.1) is 0 Å².